The number of carbonyl (C=O) groups excluding carboxylic acids is 1. The van der Waals surface area contributed by atoms with Gasteiger partial charge in [0.05, 0.1) is 20.3 Å². The minimum absolute atomic E-state index is 0.157. The lowest BCUT2D eigenvalue weighted by Crippen LogP contribution is -2.49. The molecule has 2 aromatic rings. The summed E-state index contributed by atoms with van der Waals surface area (Å²) in [6.07, 6.45) is 1.02. The van der Waals surface area contributed by atoms with Crippen molar-refractivity contribution in [1.82, 2.24) is 14.7 Å². The number of likely N-dealkylation sites (N-methyl/N-ethyl adjacent to an activating group) is 1. The zero-order valence-corrected chi connectivity index (χ0v) is 18.0. The van der Waals surface area contributed by atoms with E-state index >= 15 is 0 Å². The Kier molecular flexibility index (Phi) is 6.55. The molecule has 1 saturated heterocycles. The first-order valence-corrected chi connectivity index (χ1v) is 10.7. The summed E-state index contributed by atoms with van der Waals surface area (Å²) in [5.41, 5.74) is 3.76. The van der Waals surface area contributed by atoms with Gasteiger partial charge in [-0.15, -0.1) is 0 Å². The van der Waals surface area contributed by atoms with E-state index in [2.05, 4.69) is 28.0 Å². The molecular formula is C24H31N3O3. The van der Waals surface area contributed by atoms with E-state index in [9.17, 15) is 4.79 Å². The first-order chi connectivity index (χ1) is 14.6. The Morgan fingerprint density at radius 3 is 2.67 bits per heavy atom. The van der Waals surface area contributed by atoms with Crippen molar-refractivity contribution in [3.63, 3.8) is 0 Å². The number of ether oxygens (including phenoxy) is 2. The summed E-state index contributed by atoms with van der Waals surface area (Å²) >= 11 is 0. The Bertz CT molecular complexity index is 878. The number of hydrogen-bond donors (Lipinski definition) is 0. The molecule has 0 bridgehead atoms. The Morgan fingerprint density at radius 2 is 1.87 bits per heavy atom. The molecule has 6 heteroatoms. The van der Waals surface area contributed by atoms with Crippen molar-refractivity contribution in [3.8, 4) is 11.5 Å². The Balaban J connectivity index is 1.22. The second-order valence-corrected chi connectivity index (χ2v) is 8.19. The first-order valence-electron chi connectivity index (χ1n) is 10.7. The minimum atomic E-state index is 0.157. The molecule has 0 atom stereocenters. The van der Waals surface area contributed by atoms with Gasteiger partial charge < -0.3 is 14.4 Å². The van der Waals surface area contributed by atoms with Crippen LogP contribution in [0.5, 0.6) is 11.5 Å². The van der Waals surface area contributed by atoms with Crippen molar-refractivity contribution in [2.24, 2.45) is 0 Å². The quantitative estimate of drug-likeness (QED) is 0.703. The van der Waals surface area contributed by atoms with E-state index in [1.165, 1.54) is 11.1 Å². The molecule has 6 nitrogen and oxygen atoms in total. The van der Waals surface area contributed by atoms with Crippen molar-refractivity contribution >= 4 is 5.91 Å². The highest BCUT2D eigenvalue weighted by atomic mass is 16.5. The third-order valence-electron chi connectivity index (χ3n) is 5.96. The van der Waals surface area contributed by atoms with Crippen LogP contribution >= 0.6 is 0 Å². The molecule has 0 aromatic heterocycles. The maximum Gasteiger partial charge on any atom is 0.236 e. The van der Waals surface area contributed by atoms with Crippen LogP contribution in [0.25, 0.3) is 0 Å². The average molecular weight is 410 g/mol. The largest absolute Gasteiger partial charge is 0.497 e. The fourth-order valence-electron chi connectivity index (χ4n) is 4.15. The van der Waals surface area contributed by atoms with E-state index in [1.807, 2.05) is 31.3 Å². The lowest BCUT2D eigenvalue weighted by Gasteiger charge is -2.35. The summed E-state index contributed by atoms with van der Waals surface area (Å²) in [5, 5.41) is 0. The van der Waals surface area contributed by atoms with Crippen molar-refractivity contribution < 1.29 is 14.3 Å². The van der Waals surface area contributed by atoms with Crippen molar-refractivity contribution in [2.75, 3.05) is 53.5 Å². The fraction of sp³-hybridized carbons (Fsp3) is 0.458. The highest BCUT2D eigenvalue weighted by Gasteiger charge is 2.21. The normalized spacial score (nSPS) is 16.7. The minimum Gasteiger partial charge on any atom is -0.497 e. The second kappa shape index (κ2) is 9.49. The number of hydrogen-bond acceptors (Lipinski definition) is 5. The number of piperazine rings is 1. The molecule has 4 rings (SSSR count). The maximum absolute atomic E-state index is 12.7. The van der Waals surface area contributed by atoms with Crippen LogP contribution in [-0.2, 0) is 24.3 Å². The summed E-state index contributed by atoms with van der Waals surface area (Å²) in [5.74, 6) is 2.02. The molecule has 1 fully saturated rings. The van der Waals surface area contributed by atoms with Crippen LogP contribution in [0, 0.1) is 0 Å². The lowest BCUT2D eigenvalue weighted by molar-refractivity contribution is -0.132. The predicted octanol–water partition coefficient (Wildman–Crippen LogP) is 2.41. The highest BCUT2D eigenvalue weighted by Crippen LogP contribution is 2.26. The van der Waals surface area contributed by atoms with Crippen LogP contribution in [0.2, 0.25) is 0 Å². The zero-order valence-electron chi connectivity index (χ0n) is 18.0. The molecule has 1 amide bonds. The van der Waals surface area contributed by atoms with Gasteiger partial charge >= 0.3 is 0 Å². The van der Waals surface area contributed by atoms with E-state index in [0.29, 0.717) is 13.1 Å². The number of nitrogens with zero attached hydrogens (tertiary/aromatic N) is 3. The maximum atomic E-state index is 12.7. The Morgan fingerprint density at radius 1 is 1.07 bits per heavy atom. The van der Waals surface area contributed by atoms with E-state index in [0.717, 1.165) is 62.8 Å². The SMILES string of the molecule is COc1cccc(CN(C)C(=O)CN2CCN(Cc3ccc4c(c3)CCO4)CC2)c1. The van der Waals surface area contributed by atoms with Gasteiger partial charge in [0.15, 0.2) is 0 Å². The van der Waals surface area contributed by atoms with Gasteiger partial charge in [0.25, 0.3) is 0 Å². The van der Waals surface area contributed by atoms with Crippen LogP contribution < -0.4 is 9.47 Å². The third-order valence-corrected chi connectivity index (χ3v) is 5.96. The number of benzene rings is 2. The molecule has 2 aromatic carbocycles. The van der Waals surface area contributed by atoms with Crippen LogP contribution in [0.3, 0.4) is 0 Å². The second-order valence-electron chi connectivity index (χ2n) is 8.19. The number of fused-ring (bicyclic) bond motifs is 1. The standard InChI is InChI=1S/C24H31N3O3/c1-25(16-19-4-3-5-22(15-19)29-2)24(28)18-27-11-9-26(10-12-27)17-20-6-7-23-21(14-20)8-13-30-23/h3-7,14-15H,8-13,16-18H2,1-2H3. The molecule has 0 spiro atoms. The van der Waals surface area contributed by atoms with Gasteiger partial charge in [-0.25, -0.2) is 0 Å². The summed E-state index contributed by atoms with van der Waals surface area (Å²) in [6, 6.07) is 14.4. The molecule has 2 aliphatic heterocycles. The number of methoxy groups -OCH3 is 1. The number of rotatable bonds is 7. The monoisotopic (exact) mass is 409 g/mol. The van der Waals surface area contributed by atoms with Gasteiger partial charge in [0, 0.05) is 52.7 Å². The highest BCUT2D eigenvalue weighted by molar-refractivity contribution is 5.78. The molecule has 0 unspecified atom stereocenters. The summed E-state index contributed by atoms with van der Waals surface area (Å²) in [7, 11) is 3.53. The Labute approximate surface area is 179 Å². The lowest BCUT2D eigenvalue weighted by atomic mass is 10.1. The zero-order chi connectivity index (χ0) is 20.9. The van der Waals surface area contributed by atoms with E-state index in [-0.39, 0.29) is 5.91 Å². The van der Waals surface area contributed by atoms with Gasteiger partial charge in [-0.3, -0.25) is 14.6 Å². The molecule has 30 heavy (non-hydrogen) atoms. The van der Waals surface area contributed by atoms with Crippen molar-refractivity contribution in [1.29, 1.82) is 0 Å². The Hall–Kier alpha value is -2.57. The first kappa shape index (κ1) is 20.7. The fourth-order valence-corrected chi connectivity index (χ4v) is 4.15. The topological polar surface area (TPSA) is 45.2 Å². The van der Waals surface area contributed by atoms with Gasteiger partial charge in [0.2, 0.25) is 5.91 Å². The summed E-state index contributed by atoms with van der Waals surface area (Å²) in [6.45, 7) is 6.66. The van der Waals surface area contributed by atoms with Gasteiger partial charge in [-0.1, -0.05) is 24.3 Å². The van der Waals surface area contributed by atoms with E-state index in [1.54, 1.807) is 12.0 Å². The van der Waals surface area contributed by atoms with E-state index < -0.39 is 0 Å². The molecule has 0 radical (unpaired) electrons. The smallest absolute Gasteiger partial charge is 0.236 e. The number of carbonyl (C=O) groups is 1. The molecule has 0 saturated carbocycles. The summed E-state index contributed by atoms with van der Waals surface area (Å²) < 4.78 is 10.9. The predicted molar refractivity (Wildman–Crippen MR) is 117 cm³/mol. The van der Waals surface area contributed by atoms with Crippen LogP contribution in [0.4, 0.5) is 0 Å². The molecule has 2 aliphatic rings. The van der Waals surface area contributed by atoms with Crippen molar-refractivity contribution in [3.05, 3.63) is 59.2 Å². The molecule has 2 heterocycles. The van der Waals surface area contributed by atoms with Crippen LogP contribution in [0.1, 0.15) is 16.7 Å². The van der Waals surface area contributed by atoms with Gasteiger partial charge in [0.1, 0.15) is 11.5 Å². The molecule has 0 N–H and O–H groups in total. The van der Waals surface area contributed by atoms with Crippen molar-refractivity contribution in [2.45, 2.75) is 19.5 Å². The molecular weight excluding hydrogens is 378 g/mol. The third kappa shape index (κ3) is 5.12. The summed E-state index contributed by atoms with van der Waals surface area (Å²) in [4.78, 5) is 19.2. The van der Waals surface area contributed by atoms with Gasteiger partial charge in [-0.2, -0.15) is 0 Å². The van der Waals surface area contributed by atoms with Crippen LogP contribution in [0.15, 0.2) is 42.5 Å². The van der Waals surface area contributed by atoms with E-state index in [4.69, 9.17) is 9.47 Å². The van der Waals surface area contributed by atoms with Gasteiger partial charge in [-0.05, 0) is 34.9 Å². The molecule has 0 aliphatic carbocycles. The molecule has 160 valence electrons. The number of amides is 1. The average Bonchev–Trinajstić information content (AvgIpc) is 3.23. The van der Waals surface area contributed by atoms with Crippen LogP contribution in [-0.4, -0.2) is 74.1 Å².